The number of nitrogens with two attached hydrogens (primary N) is 1. The third kappa shape index (κ3) is 12.2. The van der Waals surface area contributed by atoms with Gasteiger partial charge in [0.2, 0.25) is 23.6 Å². The van der Waals surface area contributed by atoms with Crippen molar-refractivity contribution in [3.8, 4) is 0 Å². The van der Waals surface area contributed by atoms with Gasteiger partial charge in [0.05, 0.1) is 18.7 Å². The molecule has 2 unspecified atom stereocenters. The molecule has 0 bridgehead atoms. The molecule has 0 aliphatic carbocycles. The van der Waals surface area contributed by atoms with Gasteiger partial charge in [-0.15, -0.1) is 0 Å². The van der Waals surface area contributed by atoms with E-state index in [0.717, 1.165) is 12.0 Å². The summed E-state index contributed by atoms with van der Waals surface area (Å²) in [7, 11) is 0. The maximum Gasteiger partial charge on any atom is 0.336 e. The van der Waals surface area contributed by atoms with Crippen LogP contribution in [0.4, 0.5) is 5.69 Å². The van der Waals surface area contributed by atoms with Crippen LogP contribution >= 0.6 is 0 Å². The van der Waals surface area contributed by atoms with Gasteiger partial charge >= 0.3 is 5.97 Å². The Labute approximate surface area is 236 Å². The van der Waals surface area contributed by atoms with Crippen LogP contribution in [-0.2, 0) is 19.2 Å². The lowest BCUT2D eigenvalue weighted by atomic mass is 10.0. The van der Waals surface area contributed by atoms with E-state index < -0.39 is 41.7 Å². The number of allylic oxidation sites excluding steroid dienone is 4. The number of carboxylic acids is 1. The molecule has 220 valence electrons. The molecule has 0 aromatic heterocycles. The topological polar surface area (TPSA) is 180 Å². The smallest absolute Gasteiger partial charge is 0.336 e. The SMILES string of the molecule is CC/C=C\C=C(/C)CCC(CC(=O)Nc1cccc(C(=O)O)c1C)NC(=O)CNC(=O)C(NC(=O)CN)C(C)C. The second-order valence-electron chi connectivity index (χ2n) is 9.90. The van der Waals surface area contributed by atoms with Gasteiger partial charge in [-0.05, 0) is 56.7 Å². The average molecular weight is 558 g/mol. The predicted molar refractivity (Wildman–Crippen MR) is 155 cm³/mol. The first-order valence-electron chi connectivity index (χ1n) is 13.4. The number of carbonyl (C=O) groups is 5. The Morgan fingerprint density at radius 3 is 2.35 bits per heavy atom. The lowest BCUT2D eigenvalue weighted by Crippen LogP contribution is -2.53. The quantitative estimate of drug-likeness (QED) is 0.169. The van der Waals surface area contributed by atoms with E-state index in [2.05, 4.69) is 21.3 Å². The molecule has 0 spiro atoms. The standard InChI is InChI=1S/C29H43N5O6/c1-6-7-8-10-19(4)13-14-21(15-24(35)33-23-12-9-11-22(20(23)5)29(39)40)32-26(37)17-31-28(38)27(18(2)3)34-25(36)16-30/h7-12,18,21,27H,6,13-17,30H2,1-5H3,(H,31,38)(H,32,37)(H,33,35)(H,34,36)(H,39,40)/b8-7-,19-10+. The number of amides is 4. The number of nitrogens with one attached hydrogen (secondary N) is 4. The van der Waals surface area contributed by atoms with Gasteiger partial charge in [-0.3, -0.25) is 19.2 Å². The van der Waals surface area contributed by atoms with E-state index in [9.17, 15) is 29.1 Å². The molecule has 0 fully saturated rings. The van der Waals surface area contributed by atoms with Gasteiger partial charge in [-0.25, -0.2) is 4.79 Å². The molecule has 0 saturated heterocycles. The number of aromatic carboxylic acids is 1. The second kappa shape index (κ2) is 17.6. The molecular weight excluding hydrogens is 514 g/mol. The fourth-order valence-electron chi connectivity index (χ4n) is 3.83. The molecule has 0 radical (unpaired) electrons. The van der Waals surface area contributed by atoms with Crippen molar-refractivity contribution < 1.29 is 29.1 Å². The van der Waals surface area contributed by atoms with Crippen LogP contribution < -0.4 is 27.0 Å². The van der Waals surface area contributed by atoms with Crippen molar-refractivity contribution in [2.45, 2.75) is 72.4 Å². The van der Waals surface area contributed by atoms with E-state index >= 15 is 0 Å². The van der Waals surface area contributed by atoms with Gasteiger partial charge in [0.25, 0.3) is 0 Å². The molecule has 1 rings (SSSR count). The number of anilines is 1. The molecule has 7 N–H and O–H groups in total. The largest absolute Gasteiger partial charge is 0.478 e. The average Bonchev–Trinajstić information content (AvgIpc) is 2.89. The normalized spacial score (nSPS) is 13.0. The highest BCUT2D eigenvalue weighted by atomic mass is 16.4. The van der Waals surface area contributed by atoms with Gasteiger partial charge in [0.1, 0.15) is 6.04 Å². The fraction of sp³-hybridized carbons (Fsp3) is 0.483. The van der Waals surface area contributed by atoms with Crippen LogP contribution in [0.2, 0.25) is 0 Å². The zero-order chi connectivity index (χ0) is 30.2. The van der Waals surface area contributed by atoms with Crippen LogP contribution in [0.1, 0.15) is 69.3 Å². The molecule has 1 aromatic rings. The number of hydrogen-bond acceptors (Lipinski definition) is 6. The number of carbonyl (C=O) groups excluding carboxylic acids is 4. The molecule has 40 heavy (non-hydrogen) atoms. The molecular formula is C29H43N5O6. The van der Waals surface area contributed by atoms with E-state index in [1.165, 1.54) is 6.07 Å². The van der Waals surface area contributed by atoms with Crippen LogP contribution in [0.5, 0.6) is 0 Å². The summed E-state index contributed by atoms with van der Waals surface area (Å²) in [6.07, 6.45) is 7.88. The molecule has 0 aliphatic rings. The van der Waals surface area contributed by atoms with Crippen molar-refractivity contribution in [1.29, 1.82) is 0 Å². The Morgan fingerprint density at radius 2 is 1.75 bits per heavy atom. The van der Waals surface area contributed by atoms with Crippen molar-refractivity contribution in [3.05, 3.63) is 53.1 Å². The number of rotatable bonds is 16. The van der Waals surface area contributed by atoms with Gasteiger partial charge in [0, 0.05) is 18.2 Å². The van der Waals surface area contributed by atoms with Crippen LogP contribution in [0.3, 0.4) is 0 Å². The van der Waals surface area contributed by atoms with Gasteiger partial charge in [0.15, 0.2) is 0 Å². The minimum atomic E-state index is -1.09. The minimum absolute atomic E-state index is 0.0598. The summed E-state index contributed by atoms with van der Waals surface area (Å²) >= 11 is 0. The highest BCUT2D eigenvalue weighted by molar-refractivity contribution is 5.96. The second-order valence-corrected chi connectivity index (χ2v) is 9.90. The Bertz CT molecular complexity index is 1110. The highest BCUT2D eigenvalue weighted by Crippen LogP contribution is 2.20. The monoisotopic (exact) mass is 557 g/mol. The van der Waals surface area contributed by atoms with Crippen molar-refractivity contribution in [2.24, 2.45) is 11.7 Å². The van der Waals surface area contributed by atoms with Crippen molar-refractivity contribution in [3.63, 3.8) is 0 Å². The fourth-order valence-corrected chi connectivity index (χ4v) is 3.83. The molecule has 2 atom stereocenters. The Morgan fingerprint density at radius 1 is 1.05 bits per heavy atom. The Balaban J connectivity index is 2.92. The maximum atomic E-state index is 12.9. The summed E-state index contributed by atoms with van der Waals surface area (Å²) in [6.45, 7) is 8.52. The van der Waals surface area contributed by atoms with E-state index in [4.69, 9.17) is 5.73 Å². The summed E-state index contributed by atoms with van der Waals surface area (Å²) in [6, 6.07) is 3.22. The third-order valence-electron chi connectivity index (χ3n) is 6.15. The van der Waals surface area contributed by atoms with E-state index in [1.54, 1.807) is 32.9 Å². The van der Waals surface area contributed by atoms with Crippen LogP contribution in [0, 0.1) is 12.8 Å². The van der Waals surface area contributed by atoms with Crippen LogP contribution in [0.25, 0.3) is 0 Å². The zero-order valence-electron chi connectivity index (χ0n) is 24.0. The molecule has 0 heterocycles. The Hall–Kier alpha value is -3.99. The van der Waals surface area contributed by atoms with Gasteiger partial charge < -0.3 is 32.1 Å². The van der Waals surface area contributed by atoms with Crippen molar-refractivity contribution in [2.75, 3.05) is 18.4 Å². The first kappa shape index (κ1) is 34.0. The number of benzene rings is 1. The third-order valence-corrected chi connectivity index (χ3v) is 6.15. The van der Waals surface area contributed by atoms with E-state index in [1.807, 2.05) is 32.1 Å². The summed E-state index contributed by atoms with van der Waals surface area (Å²) in [5.41, 5.74) is 7.28. The lowest BCUT2D eigenvalue weighted by Gasteiger charge is -2.22. The highest BCUT2D eigenvalue weighted by Gasteiger charge is 2.25. The zero-order valence-corrected chi connectivity index (χ0v) is 24.0. The summed E-state index contributed by atoms with van der Waals surface area (Å²) in [5, 5.41) is 20.0. The lowest BCUT2D eigenvalue weighted by molar-refractivity contribution is -0.131. The van der Waals surface area contributed by atoms with Crippen molar-refractivity contribution >= 4 is 35.3 Å². The minimum Gasteiger partial charge on any atom is -0.478 e. The summed E-state index contributed by atoms with van der Waals surface area (Å²) < 4.78 is 0. The first-order chi connectivity index (χ1) is 18.9. The predicted octanol–water partition coefficient (Wildman–Crippen LogP) is 2.42. The van der Waals surface area contributed by atoms with E-state index in [-0.39, 0.29) is 31.0 Å². The molecule has 11 nitrogen and oxygen atoms in total. The molecule has 0 saturated carbocycles. The molecule has 11 heteroatoms. The Kier molecular flexibility index (Phi) is 15.0. The number of hydrogen-bond donors (Lipinski definition) is 6. The summed E-state index contributed by atoms with van der Waals surface area (Å²) in [5.74, 6) is -3.20. The summed E-state index contributed by atoms with van der Waals surface area (Å²) in [4.78, 5) is 61.3. The molecule has 0 aliphatic heterocycles. The van der Waals surface area contributed by atoms with E-state index in [0.29, 0.717) is 24.1 Å². The maximum absolute atomic E-state index is 12.9. The van der Waals surface area contributed by atoms with Crippen molar-refractivity contribution in [1.82, 2.24) is 16.0 Å². The molecule has 4 amide bonds. The van der Waals surface area contributed by atoms with Crippen LogP contribution in [-0.4, -0.2) is 59.9 Å². The molecule has 1 aromatic carbocycles. The number of carboxylic acid groups (broad SMARTS) is 1. The van der Waals surface area contributed by atoms with Crippen LogP contribution in [0.15, 0.2) is 42.0 Å². The van der Waals surface area contributed by atoms with Gasteiger partial charge in [-0.2, -0.15) is 0 Å². The van der Waals surface area contributed by atoms with Gasteiger partial charge in [-0.1, -0.05) is 50.6 Å². The first-order valence-corrected chi connectivity index (χ1v) is 13.4.